The van der Waals surface area contributed by atoms with E-state index in [-0.39, 0.29) is 0 Å². The van der Waals surface area contributed by atoms with Crippen molar-refractivity contribution in [1.82, 2.24) is 0 Å². The molecule has 0 aliphatic carbocycles. The van der Waals surface area contributed by atoms with Crippen molar-refractivity contribution < 1.29 is 27.8 Å². The van der Waals surface area contributed by atoms with Gasteiger partial charge in [-0.05, 0) is 11.6 Å². The summed E-state index contributed by atoms with van der Waals surface area (Å²) in [6.07, 6.45) is -0.750. The lowest BCUT2D eigenvalue weighted by Gasteiger charge is -2.19. The minimum Gasteiger partial charge on any atom is -0.371 e. The Morgan fingerprint density at radius 1 is 1.13 bits per heavy atom. The molecule has 0 aromatic heterocycles. The Kier molecular flexibility index (Phi) is 3.50. The second-order valence-electron chi connectivity index (χ2n) is 2.88. The second-order valence-corrected chi connectivity index (χ2v) is 3.08. The summed E-state index contributed by atoms with van der Waals surface area (Å²) in [5.74, 6) is -6.42. The molecule has 7 heteroatoms. The molecule has 0 saturated carbocycles. The molecule has 1 aromatic carbocycles. The first-order valence-electron chi connectivity index (χ1n) is 3.78. The van der Waals surface area contributed by atoms with Crippen molar-refractivity contribution in [3.63, 3.8) is 0 Å². The van der Waals surface area contributed by atoms with E-state index in [4.69, 9.17) is 10.2 Å². The standard InChI is InChI=1S/C8H6F3O3Si/c9-5-2-7(11)6(10)1-4(5)3-8(12,13)14-15/h1-2,12-13H,3H2. The fourth-order valence-electron chi connectivity index (χ4n) is 0.983. The third-order valence-electron chi connectivity index (χ3n) is 1.67. The van der Waals surface area contributed by atoms with Crippen molar-refractivity contribution in [2.75, 3.05) is 0 Å². The average molecular weight is 235 g/mol. The molecule has 1 rings (SSSR count). The van der Waals surface area contributed by atoms with Crippen LogP contribution in [0.2, 0.25) is 0 Å². The third-order valence-corrected chi connectivity index (χ3v) is 2.00. The molecule has 0 atom stereocenters. The molecule has 81 valence electrons. The summed E-state index contributed by atoms with van der Waals surface area (Å²) in [7, 11) is 2.34. The summed E-state index contributed by atoms with van der Waals surface area (Å²) >= 11 is 0. The summed E-state index contributed by atoms with van der Waals surface area (Å²) in [5.41, 5.74) is -0.419. The van der Waals surface area contributed by atoms with E-state index in [1.165, 1.54) is 0 Å². The summed E-state index contributed by atoms with van der Waals surface area (Å²) in [4.78, 5) is 0. The van der Waals surface area contributed by atoms with Crippen LogP contribution in [0, 0.1) is 17.5 Å². The van der Waals surface area contributed by atoms with Crippen LogP contribution in [0.4, 0.5) is 13.2 Å². The van der Waals surface area contributed by atoms with Gasteiger partial charge in [0.05, 0.1) is 6.42 Å². The second kappa shape index (κ2) is 4.31. The highest BCUT2D eigenvalue weighted by molar-refractivity contribution is 5.98. The highest BCUT2D eigenvalue weighted by Gasteiger charge is 2.25. The van der Waals surface area contributed by atoms with E-state index in [1.54, 1.807) is 0 Å². The number of hydrogen-bond donors (Lipinski definition) is 2. The molecular formula is C8H6F3O3Si. The van der Waals surface area contributed by atoms with Crippen LogP contribution in [0.5, 0.6) is 0 Å². The SMILES string of the molecule is OC(O)(Cc1cc(F)c(F)cc1F)O[Si]. The molecule has 0 aliphatic rings. The number of halogens is 3. The molecule has 3 radical (unpaired) electrons. The monoisotopic (exact) mass is 235 g/mol. The van der Waals surface area contributed by atoms with Crippen LogP contribution >= 0.6 is 0 Å². The van der Waals surface area contributed by atoms with E-state index >= 15 is 0 Å². The molecule has 0 bridgehead atoms. The van der Waals surface area contributed by atoms with Gasteiger partial charge in [0.1, 0.15) is 5.82 Å². The summed E-state index contributed by atoms with van der Waals surface area (Å²) in [5, 5.41) is 17.9. The Morgan fingerprint density at radius 2 is 1.67 bits per heavy atom. The van der Waals surface area contributed by atoms with E-state index in [0.29, 0.717) is 12.1 Å². The minimum absolute atomic E-state index is 0.314. The van der Waals surface area contributed by atoms with Gasteiger partial charge in [0, 0.05) is 6.07 Å². The highest BCUT2D eigenvalue weighted by Crippen LogP contribution is 2.18. The Hall–Kier alpha value is -0.893. The van der Waals surface area contributed by atoms with E-state index < -0.39 is 35.4 Å². The Balaban J connectivity index is 3.01. The lowest BCUT2D eigenvalue weighted by molar-refractivity contribution is -0.290. The number of hydrogen-bond acceptors (Lipinski definition) is 3. The normalized spacial score (nSPS) is 11.9. The summed E-state index contributed by atoms with van der Waals surface area (Å²) in [6.45, 7) is 0. The predicted octanol–water partition coefficient (Wildman–Crippen LogP) is 0.385. The molecule has 0 unspecified atom stereocenters. The smallest absolute Gasteiger partial charge is 0.272 e. The lowest BCUT2D eigenvalue weighted by atomic mass is 10.1. The lowest BCUT2D eigenvalue weighted by Crippen LogP contribution is -2.34. The number of rotatable bonds is 3. The van der Waals surface area contributed by atoms with Gasteiger partial charge >= 0.3 is 0 Å². The van der Waals surface area contributed by atoms with Gasteiger partial charge in [-0.2, -0.15) is 0 Å². The zero-order valence-electron chi connectivity index (χ0n) is 7.30. The van der Waals surface area contributed by atoms with Crippen LogP contribution in [-0.4, -0.2) is 26.7 Å². The molecule has 0 saturated heterocycles. The Bertz CT molecular complexity index is 370. The highest BCUT2D eigenvalue weighted by atomic mass is 28.2. The maximum atomic E-state index is 13.0. The maximum Gasteiger partial charge on any atom is 0.272 e. The largest absolute Gasteiger partial charge is 0.371 e. The van der Waals surface area contributed by atoms with Gasteiger partial charge in [-0.25, -0.2) is 13.2 Å². The summed E-state index contributed by atoms with van der Waals surface area (Å²) in [6, 6.07) is 0.839. The maximum absolute atomic E-state index is 13.0. The first-order chi connectivity index (χ1) is 6.85. The molecule has 0 spiro atoms. The molecule has 0 aliphatic heterocycles. The van der Waals surface area contributed by atoms with E-state index in [1.807, 2.05) is 0 Å². The first-order valence-corrected chi connectivity index (χ1v) is 4.19. The molecule has 0 fully saturated rings. The van der Waals surface area contributed by atoms with Gasteiger partial charge in [0.15, 0.2) is 11.6 Å². The molecule has 15 heavy (non-hydrogen) atoms. The van der Waals surface area contributed by atoms with Crippen molar-refractivity contribution >= 4 is 10.5 Å². The topological polar surface area (TPSA) is 49.7 Å². The third kappa shape index (κ3) is 3.03. The van der Waals surface area contributed by atoms with Crippen LogP contribution < -0.4 is 0 Å². The Labute approximate surface area is 86.7 Å². The quantitative estimate of drug-likeness (QED) is 0.452. The predicted molar refractivity (Wildman–Crippen MR) is 44.0 cm³/mol. The van der Waals surface area contributed by atoms with E-state index in [9.17, 15) is 13.2 Å². The van der Waals surface area contributed by atoms with Crippen LogP contribution in [0.1, 0.15) is 5.56 Å². The first kappa shape index (κ1) is 12.2. The van der Waals surface area contributed by atoms with Crippen LogP contribution in [0.25, 0.3) is 0 Å². The minimum atomic E-state index is -2.69. The van der Waals surface area contributed by atoms with Crippen LogP contribution in [-0.2, 0) is 10.8 Å². The van der Waals surface area contributed by atoms with E-state index in [0.717, 1.165) is 0 Å². The van der Waals surface area contributed by atoms with Gasteiger partial charge in [0.25, 0.3) is 16.5 Å². The van der Waals surface area contributed by atoms with Crippen molar-refractivity contribution in [2.45, 2.75) is 12.4 Å². The van der Waals surface area contributed by atoms with Crippen molar-refractivity contribution in [1.29, 1.82) is 0 Å². The zero-order chi connectivity index (χ0) is 11.6. The number of benzene rings is 1. The van der Waals surface area contributed by atoms with Gasteiger partial charge in [0.2, 0.25) is 0 Å². The van der Waals surface area contributed by atoms with Gasteiger partial charge in [-0.15, -0.1) is 0 Å². The molecule has 3 nitrogen and oxygen atoms in total. The Morgan fingerprint density at radius 3 is 2.20 bits per heavy atom. The van der Waals surface area contributed by atoms with Crippen molar-refractivity contribution in [3.05, 3.63) is 35.1 Å². The average Bonchev–Trinajstić information content (AvgIpc) is 2.14. The van der Waals surface area contributed by atoms with Gasteiger partial charge in [-0.1, -0.05) is 0 Å². The van der Waals surface area contributed by atoms with E-state index in [2.05, 4.69) is 14.9 Å². The van der Waals surface area contributed by atoms with Gasteiger partial charge in [-0.3, -0.25) is 0 Å². The molecule has 0 amide bonds. The van der Waals surface area contributed by atoms with Crippen LogP contribution in [0.15, 0.2) is 12.1 Å². The molecular weight excluding hydrogens is 229 g/mol. The zero-order valence-corrected chi connectivity index (χ0v) is 8.30. The molecule has 1 aromatic rings. The van der Waals surface area contributed by atoms with Gasteiger partial charge < -0.3 is 14.6 Å². The fraction of sp³-hybridized carbons (Fsp3) is 0.250. The summed E-state index contributed by atoms with van der Waals surface area (Å²) < 4.78 is 42.2. The van der Waals surface area contributed by atoms with Crippen molar-refractivity contribution in [3.8, 4) is 0 Å². The molecule has 2 N–H and O–H groups in total. The van der Waals surface area contributed by atoms with Crippen LogP contribution in [0.3, 0.4) is 0 Å². The fourth-order valence-corrected chi connectivity index (χ4v) is 1.06. The van der Waals surface area contributed by atoms with Crippen molar-refractivity contribution in [2.24, 2.45) is 0 Å². The number of aliphatic hydroxyl groups is 2. The molecule has 0 heterocycles.